The van der Waals surface area contributed by atoms with Gasteiger partial charge < -0.3 is 18.9 Å². The molecule has 68 heavy (non-hydrogen) atoms. The molecule has 0 aliphatic rings. The maximum absolute atomic E-state index is 12.1. The van der Waals surface area contributed by atoms with Crippen molar-refractivity contribution in [2.24, 2.45) is 0 Å². The highest BCUT2D eigenvalue weighted by atomic mass is 16.6. The number of carbonyl (C=O) groups excluding carboxylic acids is 4. The third-order valence-corrected chi connectivity index (χ3v) is 12.5. The van der Waals surface area contributed by atoms with Crippen molar-refractivity contribution in [3.8, 4) is 23.0 Å². The molecule has 0 radical (unpaired) electrons. The lowest BCUT2D eigenvalue weighted by Gasteiger charge is -2.08. The second kappa shape index (κ2) is 47.0. The van der Waals surface area contributed by atoms with Crippen LogP contribution in [-0.4, -0.2) is 23.9 Å². The molecule has 2 rings (SSSR count). The molecule has 2 aromatic rings. The Hall–Kier alpha value is -3.68. The molecule has 388 valence electrons. The summed E-state index contributed by atoms with van der Waals surface area (Å²) in [5.74, 6) is 0.872. The van der Waals surface area contributed by atoms with E-state index in [2.05, 4.69) is 27.7 Å². The Morgan fingerprint density at radius 1 is 0.265 bits per heavy atom. The van der Waals surface area contributed by atoms with Gasteiger partial charge in [-0.1, -0.05) is 245 Å². The van der Waals surface area contributed by atoms with E-state index in [1.165, 1.54) is 180 Å². The molecular weight excluding hydrogens is 849 g/mol. The number of ether oxygens (including phenoxy) is 4. The lowest BCUT2D eigenvalue weighted by atomic mass is 10.1. The van der Waals surface area contributed by atoms with Crippen molar-refractivity contribution in [1.82, 2.24) is 0 Å². The fourth-order valence-electron chi connectivity index (χ4n) is 8.25. The Bertz CT molecular complexity index is 1290. The van der Waals surface area contributed by atoms with Gasteiger partial charge in [-0.2, -0.15) is 0 Å². The summed E-state index contributed by atoms with van der Waals surface area (Å²) >= 11 is 0. The number of unbranched alkanes of at least 4 members (excludes halogenated alkanes) is 32. The van der Waals surface area contributed by atoms with Gasteiger partial charge in [-0.15, -0.1) is 0 Å². The molecule has 0 heterocycles. The molecule has 0 aliphatic carbocycles. The van der Waals surface area contributed by atoms with Crippen LogP contribution in [0.2, 0.25) is 0 Å². The minimum atomic E-state index is -0.221. The summed E-state index contributed by atoms with van der Waals surface area (Å²) in [6.45, 7) is 8.95. The molecule has 0 unspecified atom stereocenters. The van der Waals surface area contributed by atoms with Crippen molar-refractivity contribution in [3.63, 3.8) is 0 Å². The molecule has 0 N–H and O–H groups in total. The molecule has 8 heteroatoms. The van der Waals surface area contributed by atoms with E-state index in [4.69, 9.17) is 18.9 Å². The summed E-state index contributed by atoms with van der Waals surface area (Å²) in [4.78, 5) is 48.5. The second-order valence-electron chi connectivity index (χ2n) is 19.2. The van der Waals surface area contributed by atoms with Crippen LogP contribution in [0.3, 0.4) is 0 Å². The van der Waals surface area contributed by atoms with Gasteiger partial charge >= 0.3 is 23.9 Å². The minimum Gasteiger partial charge on any atom is -0.426 e. The summed E-state index contributed by atoms with van der Waals surface area (Å²) < 4.78 is 21.8. The van der Waals surface area contributed by atoms with E-state index in [-0.39, 0.29) is 23.9 Å². The van der Waals surface area contributed by atoms with Crippen LogP contribution in [0.5, 0.6) is 23.0 Å². The molecule has 0 amide bonds. The average molecular weight is 949 g/mol. The van der Waals surface area contributed by atoms with Crippen molar-refractivity contribution < 1.29 is 38.1 Å². The van der Waals surface area contributed by atoms with E-state index in [1.807, 2.05) is 0 Å². The van der Waals surface area contributed by atoms with Gasteiger partial charge in [-0.3, -0.25) is 19.2 Å². The molecule has 0 spiro atoms. The fourth-order valence-corrected chi connectivity index (χ4v) is 8.25. The number of benzene rings is 2. The molecule has 0 fully saturated rings. The molecule has 0 aromatic heterocycles. The first kappa shape index (κ1) is 62.3. The summed E-state index contributed by atoms with van der Waals surface area (Å²) in [6, 6.07) is 13.7. The number of rotatable bonds is 44. The van der Waals surface area contributed by atoms with Crippen LogP contribution in [0, 0.1) is 0 Å². The molecular formula is C60H100O8. The number of carbonyl (C=O) groups is 4. The first-order valence-corrected chi connectivity index (χ1v) is 28.3. The van der Waals surface area contributed by atoms with E-state index < -0.39 is 0 Å². The van der Waals surface area contributed by atoms with Gasteiger partial charge in [0.2, 0.25) is 0 Å². The van der Waals surface area contributed by atoms with Crippen LogP contribution >= 0.6 is 0 Å². The van der Waals surface area contributed by atoms with E-state index in [0.29, 0.717) is 48.7 Å². The fraction of sp³-hybridized carbons (Fsp3) is 0.733. The second-order valence-corrected chi connectivity index (χ2v) is 19.2. The largest absolute Gasteiger partial charge is 0.426 e. The average Bonchev–Trinajstić information content (AvgIpc) is 3.32. The monoisotopic (exact) mass is 949 g/mol. The van der Waals surface area contributed by atoms with Gasteiger partial charge in [0.05, 0.1) is 0 Å². The third kappa shape index (κ3) is 40.2. The Kier molecular flexibility index (Phi) is 43.1. The standard InChI is InChI=1S/2C30H50O4/c2*1-3-5-7-9-11-13-15-17-19-24-29(31)33-27-22-21-23-28(26-27)34-30(32)25-20-18-16-14-12-10-8-6-4-2/h2*21-23,26H,3-20,24-25H2,1-2H3. The highest BCUT2D eigenvalue weighted by Gasteiger charge is 2.11. The van der Waals surface area contributed by atoms with Gasteiger partial charge in [0.25, 0.3) is 0 Å². The Labute approximate surface area is 416 Å². The Balaban J connectivity index is 0.000000680. The number of hydrogen-bond acceptors (Lipinski definition) is 8. The predicted molar refractivity (Wildman–Crippen MR) is 283 cm³/mol. The Morgan fingerprint density at radius 2 is 0.426 bits per heavy atom. The molecule has 0 aliphatic heterocycles. The van der Waals surface area contributed by atoms with Crippen molar-refractivity contribution in [2.45, 2.75) is 285 Å². The predicted octanol–water partition coefficient (Wildman–Crippen LogP) is 18.7. The molecule has 0 saturated carbocycles. The van der Waals surface area contributed by atoms with E-state index in [9.17, 15) is 19.2 Å². The maximum atomic E-state index is 12.1. The van der Waals surface area contributed by atoms with Gasteiger partial charge in [-0.05, 0) is 49.9 Å². The molecule has 0 atom stereocenters. The van der Waals surface area contributed by atoms with Gasteiger partial charge in [0.1, 0.15) is 23.0 Å². The quantitative estimate of drug-likeness (QED) is 0.0367. The summed E-state index contributed by atoms with van der Waals surface area (Å²) in [6.07, 6.45) is 45.6. The van der Waals surface area contributed by atoms with Crippen LogP contribution in [0.1, 0.15) is 285 Å². The Morgan fingerprint density at radius 3 is 0.603 bits per heavy atom. The first-order valence-electron chi connectivity index (χ1n) is 28.3. The lowest BCUT2D eigenvalue weighted by molar-refractivity contribution is -0.135. The highest BCUT2D eigenvalue weighted by Crippen LogP contribution is 2.23. The van der Waals surface area contributed by atoms with E-state index in [0.717, 1.165) is 51.4 Å². The van der Waals surface area contributed by atoms with Crippen molar-refractivity contribution >= 4 is 23.9 Å². The molecule has 0 saturated heterocycles. The number of esters is 4. The zero-order valence-electron chi connectivity index (χ0n) is 44.2. The topological polar surface area (TPSA) is 105 Å². The zero-order chi connectivity index (χ0) is 49.4. The zero-order valence-corrected chi connectivity index (χ0v) is 44.2. The minimum absolute atomic E-state index is 0.221. The van der Waals surface area contributed by atoms with Crippen molar-refractivity contribution in [2.75, 3.05) is 0 Å². The summed E-state index contributed by atoms with van der Waals surface area (Å²) in [7, 11) is 0. The highest BCUT2D eigenvalue weighted by molar-refractivity contribution is 5.75. The van der Waals surface area contributed by atoms with Crippen LogP contribution < -0.4 is 18.9 Å². The van der Waals surface area contributed by atoms with Crippen molar-refractivity contribution in [1.29, 1.82) is 0 Å². The van der Waals surface area contributed by atoms with Crippen LogP contribution in [-0.2, 0) is 19.2 Å². The van der Waals surface area contributed by atoms with Crippen molar-refractivity contribution in [3.05, 3.63) is 48.5 Å². The van der Waals surface area contributed by atoms with Gasteiger partial charge in [0.15, 0.2) is 0 Å². The molecule has 2 aromatic carbocycles. The van der Waals surface area contributed by atoms with Crippen LogP contribution in [0.15, 0.2) is 48.5 Å². The van der Waals surface area contributed by atoms with E-state index in [1.54, 1.807) is 48.5 Å². The summed E-state index contributed by atoms with van der Waals surface area (Å²) in [5, 5.41) is 0. The van der Waals surface area contributed by atoms with Gasteiger partial charge in [0, 0.05) is 37.8 Å². The van der Waals surface area contributed by atoms with E-state index >= 15 is 0 Å². The van der Waals surface area contributed by atoms with Crippen LogP contribution in [0.25, 0.3) is 0 Å². The number of hydrogen-bond donors (Lipinski definition) is 0. The maximum Gasteiger partial charge on any atom is 0.311 e. The molecule has 8 nitrogen and oxygen atoms in total. The normalized spacial score (nSPS) is 10.9. The van der Waals surface area contributed by atoms with Gasteiger partial charge in [-0.25, -0.2) is 0 Å². The molecule has 0 bridgehead atoms. The summed E-state index contributed by atoms with van der Waals surface area (Å²) in [5.41, 5.74) is 0. The smallest absolute Gasteiger partial charge is 0.311 e. The third-order valence-electron chi connectivity index (χ3n) is 12.5. The lowest BCUT2D eigenvalue weighted by Crippen LogP contribution is -2.09. The van der Waals surface area contributed by atoms with Crippen LogP contribution in [0.4, 0.5) is 0 Å². The first-order chi connectivity index (χ1) is 33.3. The SMILES string of the molecule is CCCCCCCCCCCC(=O)Oc1cccc(OC(=O)CCCCCCCCCCC)c1.CCCCCCCCCCCC(=O)Oc1cccc(OC(=O)CCCCCCCCCCC)c1.